The molecule has 2 unspecified atom stereocenters. The van der Waals surface area contributed by atoms with Crippen molar-refractivity contribution < 1.29 is 9.47 Å². The van der Waals surface area contributed by atoms with Gasteiger partial charge in [-0.2, -0.15) is 0 Å². The molecule has 0 aromatic heterocycles. The molecule has 1 aromatic rings. The normalized spacial score (nSPS) is 25.9. The Bertz CT molecular complexity index is 480. The maximum atomic E-state index is 6.04. The lowest BCUT2D eigenvalue weighted by Crippen LogP contribution is -2.41. The predicted octanol–water partition coefficient (Wildman–Crippen LogP) is 1.55. The van der Waals surface area contributed by atoms with Crippen LogP contribution in [-0.4, -0.2) is 43.8 Å². The highest BCUT2D eigenvalue weighted by Gasteiger charge is 2.30. The molecule has 3 rings (SSSR count). The molecule has 0 aliphatic carbocycles. The summed E-state index contributed by atoms with van der Waals surface area (Å²) in [7, 11) is 1.68. The number of benzene rings is 1. The van der Waals surface area contributed by atoms with E-state index in [9.17, 15) is 0 Å². The first kappa shape index (κ1) is 13.2. The maximum absolute atomic E-state index is 6.04. The van der Waals surface area contributed by atoms with Crippen molar-refractivity contribution in [2.75, 3.05) is 26.8 Å². The van der Waals surface area contributed by atoms with Crippen LogP contribution >= 0.6 is 0 Å². The van der Waals surface area contributed by atoms with Crippen molar-refractivity contribution in [2.45, 2.75) is 25.0 Å². The second-order valence-electron chi connectivity index (χ2n) is 5.28. The first-order valence-corrected chi connectivity index (χ1v) is 7.10. The monoisotopic (exact) mass is 275 g/mol. The second kappa shape index (κ2) is 5.71. The Balaban J connectivity index is 1.73. The van der Waals surface area contributed by atoms with Crippen molar-refractivity contribution in [3.63, 3.8) is 0 Å². The van der Waals surface area contributed by atoms with E-state index in [2.05, 4.69) is 22.0 Å². The molecule has 2 aliphatic rings. The Morgan fingerprint density at radius 3 is 2.85 bits per heavy atom. The molecule has 20 heavy (non-hydrogen) atoms. The van der Waals surface area contributed by atoms with Gasteiger partial charge < -0.3 is 20.1 Å². The van der Waals surface area contributed by atoms with Crippen LogP contribution in [0, 0.1) is 0 Å². The van der Waals surface area contributed by atoms with Crippen molar-refractivity contribution in [2.24, 2.45) is 10.7 Å². The summed E-state index contributed by atoms with van der Waals surface area (Å²) in [5, 5.41) is 0. The smallest absolute Gasteiger partial charge is 0.192 e. The third-order valence-electron chi connectivity index (χ3n) is 4.02. The van der Waals surface area contributed by atoms with Crippen LogP contribution in [0.1, 0.15) is 24.4 Å². The maximum Gasteiger partial charge on any atom is 0.192 e. The number of rotatable bonds is 4. The van der Waals surface area contributed by atoms with Crippen LogP contribution in [0.4, 0.5) is 0 Å². The summed E-state index contributed by atoms with van der Waals surface area (Å²) in [5.74, 6) is 1.49. The lowest BCUT2D eigenvalue weighted by atomic mass is 10.1. The molecule has 2 atom stereocenters. The van der Waals surface area contributed by atoms with E-state index in [4.69, 9.17) is 15.2 Å². The standard InChI is InChI=1S/C15H21N3O2/c1-19-12-6-4-11(5-7-12)14-9-17-15(16)18(14)10-13-3-2-8-20-13/h4-7,13-14H,2-3,8-10H2,1H3,(H2,16,17). The van der Waals surface area contributed by atoms with Gasteiger partial charge in [-0.1, -0.05) is 12.1 Å². The number of hydrogen-bond acceptors (Lipinski definition) is 5. The van der Waals surface area contributed by atoms with Crippen LogP contribution in [0.25, 0.3) is 0 Å². The molecule has 1 saturated heterocycles. The summed E-state index contributed by atoms with van der Waals surface area (Å²) in [6, 6.07) is 8.34. The Morgan fingerprint density at radius 1 is 1.40 bits per heavy atom. The highest BCUT2D eigenvalue weighted by atomic mass is 16.5. The average Bonchev–Trinajstić information content (AvgIpc) is 3.11. The minimum Gasteiger partial charge on any atom is -0.497 e. The highest BCUT2D eigenvalue weighted by molar-refractivity contribution is 5.80. The van der Waals surface area contributed by atoms with Gasteiger partial charge >= 0.3 is 0 Å². The Kier molecular flexibility index (Phi) is 3.78. The number of guanidine groups is 1. The van der Waals surface area contributed by atoms with Crippen LogP contribution in [0.5, 0.6) is 5.75 Å². The van der Waals surface area contributed by atoms with Crippen molar-refractivity contribution in [1.82, 2.24) is 4.90 Å². The van der Waals surface area contributed by atoms with E-state index in [0.29, 0.717) is 12.5 Å². The van der Waals surface area contributed by atoms with Crippen LogP contribution in [-0.2, 0) is 4.74 Å². The van der Waals surface area contributed by atoms with Gasteiger partial charge in [0.1, 0.15) is 5.75 Å². The van der Waals surface area contributed by atoms with E-state index < -0.39 is 0 Å². The molecule has 0 saturated carbocycles. The summed E-state index contributed by atoms with van der Waals surface area (Å²) >= 11 is 0. The zero-order valence-corrected chi connectivity index (χ0v) is 11.8. The number of aliphatic imine (C=N–C) groups is 1. The topological polar surface area (TPSA) is 60.1 Å². The number of nitrogens with zero attached hydrogens (tertiary/aromatic N) is 2. The Labute approximate surface area is 119 Å². The molecular formula is C15H21N3O2. The Morgan fingerprint density at radius 2 is 2.20 bits per heavy atom. The van der Waals surface area contributed by atoms with Gasteiger partial charge in [0.05, 0.1) is 25.8 Å². The molecular weight excluding hydrogens is 254 g/mol. The molecule has 0 bridgehead atoms. The minimum absolute atomic E-state index is 0.213. The molecule has 1 aromatic carbocycles. The zero-order chi connectivity index (χ0) is 13.9. The molecule has 108 valence electrons. The highest BCUT2D eigenvalue weighted by Crippen LogP contribution is 2.28. The quantitative estimate of drug-likeness (QED) is 0.905. The number of nitrogens with two attached hydrogens (primary N) is 1. The first-order chi connectivity index (χ1) is 9.78. The largest absolute Gasteiger partial charge is 0.497 e. The van der Waals surface area contributed by atoms with Gasteiger partial charge in [0.25, 0.3) is 0 Å². The summed E-state index contributed by atoms with van der Waals surface area (Å²) in [4.78, 5) is 6.56. The van der Waals surface area contributed by atoms with Crippen molar-refractivity contribution in [1.29, 1.82) is 0 Å². The van der Waals surface area contributed by atoms with Crippen molar-refractivity contribution in [3.05, 3.63) is 29.8 Å². The lowest BCUT2D eigenvalue weighted by molar-refractivity contribution is 0.0853. The van der Waals surface area contributed by atoms with Gasteiger partial charge in [0, 0.05) is 13.2 Å². The van der Waals surface area contributed by atoms with Crippen LogP contribution in [0.2, 0.25) is 0 Å². The lowest BCUT2D eigenvalue weighted by Gasteiger charge is -2.28. The van der Waals surface area contributed by atoms with Crippen molar-refractivity contribution >= 4 is 5.96 Å². The molecule has 5 nitrogen and oxygen atoms in total. The molecule has 0 radical (unpaired) electrons. The van der Waals surface area contributed by atoms with E-state index in [-0.39, 0.29) is 12.1 Å². The Hall–Kier alpha value is -1.75. The minimum atomic E-state index is 0.213. The third-order valence-corrected chi connectivity index (χ3v) is 4.02. The van der Waals surface area contributed by atoms with Gasteiger partial charge in [-0.15, -0.1) is 0 Å². The van der Waals surface area contributed by atoms with Gasteiger partial charge in [-0.3, -0.25) is 4.99 Å². The van der Waals surface area contributed by atoms with E-state index in [1.54, 1.807) is 7.11 Å². The summed E-state index contributed by atoms with van der Waals surface area (Å²) in [5.41, 5.74) is 7.25. The molecule has 5 heteroatoms. The molecule has 2 aliphatic heterocycles. The van der Waals surface area contributed by atoms with Gasteiger partial charge in [0.15, 0.2) is 5.96 Å². The van der Waals surface area contributed by atoms with E-state index >= 15 is 0 Å². The van der Waals surface area contributed by atoms with E-state index in [1.807, 2.05) is 12.1 Å². The molecule has 1 fully saturated rings. The van der Waals surface area contributed by atoms with Gasteiger partial charge in [0.2, 0.25) is 0 Å². The second-order valence-corrected chi connectivity index (χ2v) is 5.28. The summed E-state index contributed by atoms with van der Waals surface area (Å²) in [6.45, 7) is 2.40. The van der Waals surface area contributed by atoms with Gasteiger partial charge in [-0.05, 0) is 30.5 Å². The molecule has 2 N–H and O–H groups in total. The SMILES string of the molecule is COc1ccc(C2CN=C(N)N2CC2CCCO2)cc1. The van der Waals surface area contributed by atoms with Crippen LogP contribution in [0.3, 0.4) is 0 Å². The fourth-order valence-corrected chi connectivity index (χ4v) is 2.87. The summed E-state index contributed by atoms with van der Waals surface area (Å²) < 4.78 is 10.9. The number of ether oxygens (including phenoxy) is 2. The molecule has 0 spiro atoms. The number of methoxy groups -OCH3 is 1. The predicted molar refractivity (Wildman–Crippen MR) is 77.9 cm³/mol. The fourth-order valence-electron chi connectivity index (χ4n) is 2.87. The third kappa shape index (κ3) is 2.58. The van der Waals surface area contributed by atoms with Crippen molar-refractivity contribution in [3.8, 4) is 5.75 Å². The van der Waals surface area contributed by atoms with Crippen LogP contribution < -0.4 is 10.5 Å². The molecule has 2 heterocycles. The summed E-state index contributed by atoms with van der Waals surface area (Å²) in [6.07, 6.45) is 2.53. The average molecular weight is 275 g/mol. The number of hydrogen-bond donors (Lipinski definition) is 1. The van der Waals surface area contributed by atoms with E-state index in [0.717, 1.165) is 31.7 Å². The van der Waals surface area contributed by atoms with Crippen LogP contribution in [0.15, 0.2) is 29.3 Å². The zero-order valence-electron chi connectivity index (χ0n) is 11.8. The molecule has 0 amide bonds. The first-order valence-electron chi connectivity index (χ1n) is 7.10. The van der Waals surface area contributed by atoms with Gasteiger partial charge in [-0.25, -0.2) is 0 Å². The fraction of sp³-hybridized carbons (Fsp3) is 0.533. The van der Waals surface area contributed by atoms with E-state index in [1.165, 1.54) is 5.56 Å².